The van der Waals surface area contributed by atoms with Crippen LogP contribution in [0.1, 0.15) is 0 Å². The van der Waals surface area contributed by atoms with Crippen molar-refractivity contribution in [1.29, 1.82) is 0 Å². The van der Waals surface area contributed by atoms with Crippen LogP contribution in [0.2, 0.25) is 0 Å². The summed E-state index contributed by atoms with van der Waals surface area (Å²) in [4.78, 5) is 0. The van der Waals surface area contributed by atoms with Gasteiger partial charge in [-0.3, -0.25) is 0 Å². The summed E-state index contributed by atoms with van der Waals surface area (Å²) in [6, 6.07) is 0. The summed E-state index contributed by atoms with van der Waals surface area (Å²) >= 11 is 0. The molecule has 0 rings (SSSR count). The molecule has 0 saturated heterocycles. The molecule has 0 aromatic rings. The van der Waals surface area contributed by atoms with E-state index in [-0.39, 0.29) is 5.48 Å². The lowest BCUT2D eigenvalue weighted by Crippen LogP contribution is -2.02. The van der Waals surface area contributed by atoms with Crippen molar-refractivity contribution < 1.29 is 57.3 Å². The molecule has 0 saturated carbocycles. The molecule has 1 nitrogen and oxygen atoms in total. The second kappa shape index (κ2) is 8.46. The lowest BCUT2D eigenvalue weighted by atomic mass is 10.3. The first kappa shape index (κ1) is 24.5. The van der Waals surface area contributed by atoms with Gasteiger partial charge in [0, 0.05) is 0 Å². The Bertz CT molecular complexity index is 91.3. The van der Waals surface area contributed by atoms with Crippen LogP contribution in [0, 0.1) is 0 Å². The molecule has 0 aromatic heterocycles. The molecule has 16 heavy (non-hydrogen) atoms. The van der Waals surface area contributed by atoms with Gasteiger partial charge in [-0.15, -0.1) is 0 Å². The van der Waals surface area contributed by atoms with Gasteiger partial charge < -0.3 is 57.3 Å². The normalized spacial score (nSPS) is 11.2. The van der Waals surface area contributed by atoms with E-state index in [1.165, 1.54) is 0 Å². The molecule has 0 radical (unpaired) electrons. The molecular weight excluding hydrogens is 276 g/mol. The van der Waals surface area contributed by atoms with E-state index in [9.17, 15) is 51.8 Å². The Morgan fingerprint density at radius 1 is 0.312 bits per heavy atom. The maximum atomic E-state index is 9.75. The number of hydrogen-bond donors (Lipinski definition) is 0. The van der Waals surface area contributed by atoms with Gasteiger partial charge in [0.25, 0.3) is 0 Å². The molecule has 0 spiro atoms. The zero-order valence-electron chi connectivity index (χ0n) is 6.77. The second-order valence-corrected chi connectivity index (χ2v) is 1.48. The van der Waals surface area contributed by atoms with Crippen molar-refractivity contribution in [2.75, 3.05) is 0 Å². The van der Waals surface area contributed by atoms with Gasteiger partial charge in [-0.05, 0) is 0 Å². The SMILES string of the molecule is F[B-](F)(F)F.F[B-](F)(F)F.F[B-](F)(F)F.O. The molecular formula is H2B3F12O-3. The van der Waals surface area contributed by atoms with Crippen LogP contribution in [0.5, 0.6) is 0 Å². The van der Waals surface area contributed by atoms with E-state index in [0.29, 0.717) is 0 Å². The third-order valence-corrected chi connectivity index (χ3v) is 0. The maximum Gasteiger partial charge on any atom is 0.673 e. The molecule has 0 bridgehead atoms. The average molecular weight is 278 g/mol. The molecule has 0 heterocycles. The summed E-state index contributed by atoms with van der Waals surface area (Å²) in [5.74, 6) is 0. The summed E-state index contributed by atoms with van der Waals surface area (Å²) in [7, 11) is -18.0. The van der Waals surface area contributed by atoms with Gasteiger partial charge >= 0.3 is 21.8 Å². The Morgan fingerprint density at radius 2 is 0.312 bits per heavy atom. The standard InChI is InChI=1S/3BF4.H2O/c3*2-1(3,4)5;/h;;;1H2/q3*-1;. The first-order chi connectivity index (χ1) is 6.00. The van der Waals surface area contributed by atoms with Gasteiger partial charge in [0.1, 0.15) is 0 Å². The average Bonchev–Trinajstić information content (AvgIpc) is 1.41. The van der Waals surface area contributed by atoms with Crippen molar-refractivity contribution in [3.8, 4) is 0 Å². The van der Waals surface area contributed by atoms with Crippen LogP contribution in [0.4, 0.5) is 51.8 Å². The minimum absolute atomic E-state index is 0. The van der Waals surface area contributed by atoms with Crippen LogP contribution >= 0.6 is 0 Å². The highest BCUT2D eigenvalue weighted by Gasteiger charge is 2.21. The summed E-state index contributed by atoms with van der Waals surface area (Å²) in [5.41, 5.74) is 0. The Labute approximate surface area is 80.4 Å². The monoisotopic (exact) mass is 279 g/mol. The topological polar surface area (TPSA) is 31.5 Å². The smallest absolute Gasteiger partial charge is 0.418 e. The highest BCUT2D eigenvalue weighted by atomic mass is 19.5. The highest BCUT2D eigenvalue weighted by Crippen LogP contribution is 2.07. The first-order valence-corrected chi connectivity index (χ1v) is 2.62. The summed E-state index contributed by atoms with van der Waals surface area (Å²) < 4.78 is 117. The fraction of sp³-hybridized carbons (Fsp3) is 0. The number of hydrogen-bond acceptors (Lipinski definition) is 0. The Balaban J connectivity index is -0.0000000655. The largest absolute Gasteiger partial charge is 0.673 e. The van der Waals surface area contributed by atoms with E-state index >= 15 is 0 Å². The number of rotatable bonds is 0. The molecule has 0 aromatic carbocycles. The fourth-order valence-corrected chi connectivity index (χ4v) is 0. The van der Waals surface area contributed by atoms with E-state index < -0.39 is 21.8 Å². The number of halogens is 12. The fourth-order valence-electron chi connectivity index (χ4n) is 0. The molecule has 2 N–H and O–H groups in total. The summed E-state index contributed by atoms with van der Waals surface area (Å²) in [5, 5.41) is 0. The maximum absolute atomic E-state index is 9.75. The molecule has 0 aliphatic rings. The van der Waals surface area contributed by atoms with Gasteiger partial charge in [-0.1, -0.05) is 0 Å². The molecule has 0 unspecified atom stereocenters. The first-order valence-electron chi connectivity index (χ1n) is 2.62. The van der Waals surface area contributed by atoms with Gasteiger partial charge in [-0.25, -0.2) is 0 Å². The van der Waals surface area contributed by atoms with E-state index in [4.69, 9.17) is 0 Å². The van der Waals surface area contributed by atoms with Crippen molar-refractivity contribution in [2.24, 2.45) is 0 Å². The van der Waals surface area contributed by atoms with E-state index in [1.807, 2.05) is 0 Å². The minimum Gasteiger partial charge on any atom is -0.418 e. The zero-order valence-corrected chi connectivity index (χ0v) is 6.77. The predicted molar refractivity (Wildman–Crippen MR) is 34.2 cm³/mol. The van der Waals surface area contributed by atoms with Crippen LogP contribution in [0.15, 0.2) is 0 Å². The molecule has 104 valence electrons. The predicted octanol–water partition coefficient (Wildman–Crippen LogP) is 3.08. The van der Waals surface area contributed by atoms with Crippen LogP contribution < -0.4 is 0 Å². The molecule has 0 aliphatic carbocycles. The van der Waals surface area contributed by atoms with Crippen LogP contribution in [-0.2, 0) is 0 Å². The molecule has 0 atom stereocenters. The van der Waals surface area contributed by atoms with Crippen LogP contribution in [0.25, 0.3) is 0 Å². The molecule has 0 amide bonds. The summed E-state index contributed by atoms with van der Waals surface area (Å²) in [6.45, 7) is 0. The van der Waals surface area contributed by atoms with E-state index in [2.05, 4.69) is 0 Å². The Morgan fingerprint density at radius 3 is 0.312 bits per heavy atom. The second-order valence-electron chi connectivity index (χ2n) is 1.48. The van der Waals surface area contributed by atoms with Crippen molar-refractivity contribution in [3.05, 3.63) is 0 Å². The lowest BCUT2D eigenvalue weighted by molar-refractivity contribution is 0.366. The quantitative estimate of drug-likeness (QED) is 0.482. The third kappa shape index (κ3) is 4300. The minimum atomic E-state index is -6.00. The van der Waals surface area contributed by atoms with Crippen LogP contribution in [0.3, 0.4) is 0 Å². The van der Waals surface area contributed by atoms with Gasteiger partial charge in [0.2, 0.25) is 0 Å². The molecule has 0 aliphatic heterocycles. The summed E-state index contributed by atoms with van der Waals surface area (Å²) in [6.07, 6.45) is 0. The Kier molecular flexibility index (Phi) is 13.0. The van der Waals surface area contributed by atoms with Crippen molar-refractivity contribution >= 4 is 21.8 Å². The van der Waals surface area contributed by atoms with Gasteiger partial charge in [0.15, 0.2) is 0 Å². The molecule has 16 heteroatoms. The van der Waals surface area contributed by atoms with Gasteiger partial charge in [0.05, 0.1) is 0 Å². The molecule has 0 fully saturated rings. The lowest BCUT2D eigenvalue weighted by Gasteiger charge is -1.94. The zero-order chi connectivity index (χ0) is 13.5. The van der Waals surface area contributed by atoms with E-state index in [1.54, 1.807) is 0 Å². The third-order valence-electron chi connectivity index (χ3n) is 0. The Hall–Kier alpha value is -0.685. The van der Waals surface area contributed by atoms with E-state index in [0.717, 1.165) is 0 Å². The van der Waals surface area contributed by atoms with Gasteiger partial charge in [-0.2, -0.15) is 0 Å². The van der Waals surface area contributed by atoms with Crippen molar-refractivity contribution in [1.82, 2.24) is 0 Å². The van der Waals surface area contributed by atoms with Crippen molar-refractivity contribution in [3.63, 3.8) is 0 Å². The highest BCUT2D eigenvalue weighted by molar-refractivity contribution is 6.50. The van der Waals surface area contributed by atoms with Crippen molar-refractivity contribution in [2.45, 2.75) is 0 Å². The van der Waals surface area contributed by atoms with Crippen LogP contribution in [-0.4, -0.2) is 27.2 Å².